The molecule has 30 heavy (non-hydrogen) atoms. The molecular weight excluding hydrogens is 426 g/mol. The van der Waals surface area contributed by atoms with Crippen LogP contribution in [0.15, 0.2) is 41.5 Å². The van der Waals surface area contributed by atoms with Crippen LogP contribution in [0.3, 0.4) is 0 Å². The summed E-state index contributed by atoms with van der Waals surface area (Å²) < 4.78 is 5.96. The molecule has 2 amide bonds. The summed E-state index contributed by atoms with van der Waals surface area (Å²) in [7, 11) is 0. The van der Waals surface area contributed by atoms with Crippen molar-refractivity contribution in [2.75, 3.05) is 36.1 Å². The summed E-state index contributed by atoms with van der Waals surface area (Å²) >= 11 is 7.07. The zero-order chi connectivity index (χ0) is 21.1. The molecule has 3 heterocycles. The van der Waals surface area contributed by atoms with Crippen LogP contribution >= 0.6 is 22.9 Å². The van der Waals surface area contributed by atoms with E-state index in [9.17, 15) is 9.59 Å². The van der Waals surface area contributed by atoms with E-state index in [2.05, 4.69) is 22.7 Å². The average molecular weight is 448 g/mol. The third-order valence-corrected chi connectivity index (χ3v) is 6.08. The largest absolute Gasteiger partial charge is 0.442 e. The van der Waals surface area contributed by atoms with Crippen molar-refractivity contribution >= 4 is 52.1 Å². The molecule has 2 N–H and O–H groups in total. The van der Waals surface area contributed by atoms with Crippen molar-refractivity contribution in [1.29, 1.82) is 0 Å². The quantitative estimate of drug-likeness (QED) is 0.709. The first-order chi connectivity index (χ1) is 14.5. The van der Waals surface area contributed by atoms with E-state index >= 15 is 0 Å². The highest BCUT2D eigenvalue weighted by atomic mass is 35.5. The fraction of sp³-hybridized carbons (Fsp3) is 0.350. The Labute approximate surface area is 183 Å². The van der Waals surface area contributed by atoms with Gasteiger partial charge in [0.2, 0.25) is 0 Å². The molecule has 8 nitrogen and oxygen atoms in total. The van der Waals surface area contributed by atoms with Crippen LogP contribution in [0, 0.1) is 0 Å². The van der Waals surface area contributed by atoms with Gasteiger partial charge in [-0.2, -0.15) is 5.10 Å². The Kier molecular flexibility index (Phi) is 6.10. The van der Waals surface area contributed by atoms with Gasteiger partial charge in [-0.1, -0.05) is 18.5 Å². The lowest BCUT2D eigenvalue weighted by Crippen LogP contribution is -2.39. The number of hydrogen-bond donors (Lipinski definition) is 2. The van der Waals surface area contributed by atoms with Crippen molar-refractivity contribution in [2.24, 2.45) is 5.10 Å². The van der Waals surface area contributed by atoms with Crippen molar-refractivity contribution in [3.63, 3.8) is 0 Å². The van der Waals surface area contributed by atoms with E-state index in [-0.39, 0.29) is 12.5 Å². The highest BCUT2D eigenvalue weighted by molar-refractivity contribution is 7.18. The maximum Gasteiger partial charge on any atom is 0.414 e. The summed E-state index contributed by atoms with van der Waals surface area (Å²) in [5, 5.41) is 12.6. The summed E-state index contributed by atoms with van der Waals surface area (Å²) in [6.45, 7) is 4.30. The molecule has 2 aliphatic rings. The molecule has 1 atom stereocenters. The van der Waals surface area contributed by atoms with E-state index < -0.39 is 12.2 Å². The van der Waals surface area contributed by atoms with Gasteiger partial charge < -0.3 is 15.4 Å². The highest BCUT2D eigenvalue weighted by Gasteiger charge is 2.32. The Morgan fingerprint density at radius 2 is 2.07 bits per heavy atom. The fourth-order valence-electron chi connectivity index (χ4n) is 3.29. The van der Waals surface area contributed by atoms with Crippen molar-refractivity contribution in [2.45, 2.75) is 19.4 Å². The number of benzene rings is 1. The van der Waals surface area contributed by atoms with E-state index in [0.717, 1.165) is 36.7 Å². The number of hydrazone groups is 1. The molecule has 0 bridgehead atoms. The second-order valence-corrected chi connectivity index (χ2v) is 8.61. The molecule has 0 saturated carbocycles. The smallest absolute Gasteiger partial charge is 0.414 e. The van der Waals surface area contributed by atoms with Crippen molar-refractivity contribution < 1.29 is 14.3 Å². The summed E-state index contributed by atoms with van der Waals surface area (Å²) in [4.78, 5) is 26.6. The van der Waals surface area contributed by atoms with E-state index in [0.29, 0.717) is 15.8 Å². The minimum atomic E-state index is -0.422. The lowest BCUT2D eigenvalue weighted by molar-refractivity contribution is 0.0920. The van der Waals surface area contributed by atoms with Crippen LogP contribution < -0.4 is 20.5 Å². The number of carbonyl (C=O) groups is 2. The van der Waals surface area contributed by atoms with Crippen LogP contribution in [0.2, 0.25) is 4.34 Å². The molecular formula is C20H22ClN5O3S. The van der Waals surface area contributed by atoms with Crippen LogP contribution in [0.5, 0.6) is 0 Å². The number of nitrogens with zero attached hydrogens (tertiary/aromatic N) is 3. The Morgan fingerprint density at radius 3 is 2.77 bits per heavy atom. The zero-order valence-electron chi connectivity index (χ0n) is 16.4. The zero-order valence-corrected chi connectivity index (χ0v) is 18.0. The molecule has 1 fully saturated rings. The van der Waals surface area contributed by atoms with Crippen LogP contribution in [0.1, 0.15) is 23.0 Å². The minimum Gasteiger partial charge on any atom is -0.442 e. The second-order valence-electron chi connectivity index (χ2n) is 6.90. The molecule has 158 valence electrons. The molecule has 0 radical (unpaired) electrons. The number of thiophene rings is 1. The predicted molar refractivity (Wildman–Crippen MR) is 119 cm³/mol. The van der Waals surface area contributed by atoms with Crippen LogP contribution in [0.25, 0.3) is 0 Å². The standard InChI is InChI=1S/C20H22ClN5O3S/c1-2-18-22-9-10-26(24-18)14-5-3-13(4-6-14)25-12-15(29-20(25)28)11-23-19(27)16-7-8-17(21)30-16/h3-8,15H,2,9-12H2,1H3,(H,22,24)(H,23,27)/t15-/m0/s1. The van der Waals surface area contributed by atoms with Gasteiger partial charge in [0.25, 0.3) is 5.91 Å². The first kappa shape index (κ1) is 20.5. The number of amidine groups is 1. The molecule has 10 heteroatoms. The van der Waals surface area contributed by atoms with Gasteiger partial charge in [-0.05, 0) is 36.4 Å². The summed E-state index contributed by atoms with van der Waals surface area (Å²) in [6.07, 6.45) is 0.0159. The number of carbonyl (C=O) groups excluding carboxylic acids is 2. The number of cyclic esters (lactones) is 1. The molecule has 4 rings (SSSR count). The SMILES string of the molecule is CCC1=NN(c2ccc(N3C[C@H](CNC(=O)c4ccc(Cl)s4)OC3=O)cc2)CCN1. The third kappa shape index (κ3) is 4.52. The fourth-order valence-corrected chi connectivity index (χ4v) is 4.25. The minimum absolute atomic E-state index is 0.228. The lowest BCUT2D eigenvalue weighted by Gasteiger charge is -2.26. The predicted octanol–water partition coefficient (Wildman–Crippen LogP) is 3.29. The Bertz CT molecular complexity index is 962. The topological polar surface area (TPSA) is 86.3 Å². The van der Waals surface area contributed by atoms with Crippen LogP contribution in [-0.2, 0) is 4.74 Å². The van der Waals surface area contributed by atoms with Crippen molar-refractivity contribution in [1.82, 2.24) is 10.6 Å². The van der Waals surface area contributed by atoms with E-state index in [1.807, 2.05) is 29.3 Å². The van der Waals surface area contributed by atoms with Gasteiger partial charge in [0.05, 0.1) is 34.5 Å². The normalized spacial score (nSPS) is 18.7. The maximum atomic E-state index is 12.3. The monoisotopic (exact) mass is 447 g/mol. The number of hydrogen-bond acceptors (Lipinski definition) is 7. The van der Waals surface area contributed by atoms with E-state index in [1.54, 1.807) is 17.0 Å². The molecule has 2 aliphatic heterocycles. The van der Waals surface area contributed by atoms with E-state index in [4.69, 9.17) is 16.3 Å². The Hall–Kier alpha value is -2.78. The number of ether oxygens (including phenoxy) is 1. The highest BCUT2D eigenvalue weighted by Crippen LogP contribution is 2.26. The molecule has 2 aromatic rings. The van der Waals surface area contributed by atoms with Crippen molar-refractivity contribution in [3.8, 4) is 0 Å². The maximum absolute atomic E-state index is 12.3. The van der Waals surface area contributed by atoms with Gasteiger partial charge in [-0.3, -0.25) is 14.7 Å². The lowest BCUT2D eigenvalue weighted by atomic mass is 10.2. The van der Waals surface area contributed by atoms with Gasteiger partial charge >= 0.3 is 6.09 Å². The van der Waals surface area contributed by atoms with E-state index in [1.165, 1.54) is 11.3 Å². The summed E-state index contributed by atoms with van der Waals surface area (Å²) in [6, 6.07) is 11.0. The number of halogens is 1. The molecule has 0 unspecified atom stereocenters. The first-order valence-electron chi connectivity index (χ1n) is 9.74. The Morgan fingerprint density at radius 1 is 1.30 bits per heavy atom. The van der Waals surface area contributed by atoms with Gasteiger partial charge in [0, 0.05) is 18.7 Å². The van der Waals surface area contributed by atoms with Crippen LogP contribution in [-0.4, -0.2) is 50.1 Å². The number of nitrogens with one attached hydrogen (secondary N) is 2. The summed E-state index contributed by atoms with van der Waals surface area (Å²) in [5.74, 6) is 0.733. The molecule has 0 aliphatic carbocycles. The third-order valence-electron chi connectivity index (χ3n) is 4.85. The molecule has 0 spiro atoms. The number of rotatable bonds is 6. The average Bonchev–Trinajstić information content (AvgIpc) is 3.37. The number of amides is 2. The molecule has 1 aromatic carbocycles. The summed E-state index contributed by atoms with van der Waals surface area (Å²) in [5.41, 5.74) is 1.72. The van der Waals surface area contributed by atoms with Crippen molar-refractivity contribution in [3.05, 3.63) is 45.6 Å². The van der Waals surface area contributed by atoms with Gasteiger partial charge in [-0.25, -0.2) is 4.79 Å². The molecule has 1 saturated heterocycles. The van der Waals surface area contributed by atoms with Gasteiger partial charge in [-0.15, -0.1) is 11.3 Å². The Balaban J connectivity index is 1.35. The molecule has 1 aromatic heterocycles. The first-order valence-corrected chi connectivity index (χ1v) is 10.9. The van der Waals surface area contributed by atoms with Crippen LogP contribution in [0.4, 0.5) is 16.2 Å². The number of anilines is 2. The second kappa shape index (κ2) is 8.93. The van der Waals surface area contributed by atoms with Gasteiger partial charge in [0.15, 0.2) is 0 Å². The van der Waals surface area contributed by atoms with Gasteiger partial charge in [0.1, 0.15) is 11.9 Å².